The van der Waals surface area contributed by atoms with E-state index in [1.54, 1.807) is 13.0 Å². The van der Waals surface area contributed by atoms with Gasteiger partial charge in [-0.05, 0) is 49.6 Å². The molecule has 8 nitrogen and oxygen atoms in total. The molecule has 0 fully saturated rings. The molecule has 1 amide bonds. The lowest BCUT2D eigenvalue weighted by molar-refractivity contribution is -0.117. The molecule has 0 aliphatic heterocycles. The minimum absolute atomic E-state index is 0.0278. The monoisotopic (exact) mass is 532 g/mol. The number of ether oxygens (including phenoxy) is 3. The third-order valence-corrected chi connectivity index (χ3v) is 7.15. The van der Waals surface area contributed by atoms with Crippen LogP contribution in [0, 0.1) is 6.92 Å². The van der Waals surface area contributed by atoms with Gasteiger partial charge in [0.25, 0.3) is 0 Å². The van der Waals surface area contributed by atoms with Gasteiger partial charge in [-0.2, -0.15) is 4.72 Å². The number of hydrogen-bond acceptors (Lipinski definition) is 6. The average molecular weight is 533 g/mol. The van der Waals surface area contributed by atoms with Crippen LogP contribution >= 0.6 is 11.6 Å². The van der Waals surface area contributed by atoms with E-state index in [2.05, 4.69) is 10.0 Å². The van der Waals surface area contributed by atoms with E-state index in [1.165, 1.54) is 38.5 Å². The van der Waals surface area contributed by atoms with Crippen molar-refractivity contribution < 1.29 is 27.4 Å². The Bertz CT molecular complexity index is 1320. The maximum Gasteiger partial charge on any atom is 0.243 e. The summed E-state index contributed by atoms with van der Waals surface area (Å²) >= 11 is 6.17. The van der Waals surface area contributed by atoms with Gasteiger partial charge in [-0.1, -0.05) is 41.9 Å². The third-order valence-electron chi connectivity index (χ3n) is 5.38. The summed E-state index contributed by atoms with van der Waals surface area (Å²) in [7, 11) is -1.16. The Kier molecular flexibility index (Phi) is 9.19. The zero-order valence-electron chi connectivity index (χ0n) is 20.5. The molecule has 0 aromatic heterocycles. The molecule has 0 aliphatic carbocycles. The number of sulfonamides is 1. The van der Waals surface area contributed by atoms with Crippen molar-refractivity contribution in [1.82, 2.24) is 4.72 Å². The van der Waals surface area contributed by atoms with Gasteiger partial charge in [-0.3, -0.25) is 4.79 Å². The molecule has 1 atom stereocenters. The number of amides is 1. The van der Waals surface area contributed by atoms with Crippen LogP contribution in [0.4, 0.5) is 5.69 Å². The number of aryl methyl sites for hydroxylation is 1. The van der Waals surface area contributed by atoms with Crippen LogP contribution in [0.25, 0.3) is 0 Å². The number of nitrogens with one attached hydrogen (secondary N) is 2. The topological polar surface area (TPSA) is 103 Å². The van der Waals surface area contributed by atoms with Crippen molar-refractivity contribution in [3.63, 3.8) is 0 Å². The lowest BCUT2D eigenvalue weighted by Gasteiger charge is -2.20. The number of anilines is 1. The van der Waals surface area contributed by atoms with E-state index in [0.29, 0.717) is 34.4 Å². The predicted octanol–water partition coefficient (Wildman–Crippen LogP) is 4.59. The summed E-state index contributed by atoms with van der Waals surface area (Å²) < 4.78 is 45.2. The quantitative estimate of drug-likeness (QED) is 0.374. The van der Waals surface area contributed by atoms with E-state index in [-0.39, 0.29) is 17.0 Å². The molecule has 0 radical (unpaired) electrons. The second kappa shape index (κ2) is 12.1. The minimum atomic E-state index is -4.05. The van der Waals surface area contributed by atoms with Crippen molar-refractivity contribution in [2.45, 2.75) is 31.2 Å². The van der Waals surface area contributed by atoms with E-state index in [1.807, 2.05) is 37.3 Å². The standard InChI is InChI=1S/C26H29ClN2O6S/c1-5-35-23-12-11-19(13-17(23)2)36(31,32)29-22(14-18-9-7-6-8-10-18)26(30)28-21-16-24(33-3)20(27)15-25(21)34-4/h6-13,15-16,22,29H,5,14H2,1-4H3,(H,28,30). The molecule has 0 aliphatic rings. The molecule has 10 heteroatoms. The van der Waals surface area contributed by atoms with Gasteiger partial charge in [-0.25, -0.2) is 8.42 Å². The maximum absolute atomic E-state index is 13.4. The Hall–Kier alpha value is -3.27. The molecule has 3 rings (SSSR count). The molecule has 1 unspecified atom stereocenters. The van der Waals surface area contributed by atoms with Crippen LogP contribution in [-0.4, -0.2) is 41.2 Å². The van der Waals surface area contributed by atoms with Crippen LogP contribution in [0.3, 0.4) is 0 Å². The average Bonchev–Trinajstić information content (AvgIpc) is 2.86. The Morgan fingerprint density at radius 3 is 2.28 bits per heavy atom. The Balaban J connectivity index is 1.93. The fourth-order valence-electron chi connectivity index (χ4n) is 3.58. The zero-order valence-corrected chi connectivity index (χ0v) is 22.1. The van der Waals surface area contributed by atoms with E-state index in [4.69, 9.17) is 25.8 Å². The van der Waals surface area contributed by atoms with E-state index >= 15 is 0 Å². The highest BCUT2D eigenvalue weighted by Crippen LogP contribution is 2.36. The Labute approximate surface area is 216 Å². The van der Waals surface area contributed by atoms with Gasteiger partial charge in [0.05, 0.1) is 36.4 Å². The highest BCUT2D eigenvalue weighted by atomic mass is 35.5. The lowest BCUT2D eigenvalue weighted by atomic mass is 10.1. The number of carbonyl (C=O) groups excluding carboxylic acids is 1. The van der Waals surface area contributed by atoms with Gasteiger partial charge in [-0.15, -0.1) is 0 Å². The van der Waals surface area contributed by atoms with Crippen LogP contribution in [0.15, 0.2) is 65.6 Å². The van der Waals surface area contributed by atoms with E-state index in [9.17, 15) is 13.2 Å². The number of benzene rings is 3. The molecule has 0 saturated heterocycles. The highest BCUT2D eigenvalue weighted by molar-refractivity contribution is 7.89. The fraction of sp³-hybridized carbons (Fsp3) is 0.269. The van der Waals surface area contributed by atoms with Gasteiger partial charge in [0.15, 0.2) is 0 Å². The summed E-state index contributed by atoms with van der Waals surface area (Å²) in [5.74, 6) is 0.655. The molecular weight excluding hydrogens is 504 g/mol. The van der Waals surface area contributed by atoms with Gasteiger partial charge >= 0.3 is 0 Å². The van der Waals surface area contributed by atoms with E-state index < -0.39 is 22.0 Å². The molecule has 0 bridgehead atoms. The van der Waals surface area contributed by atoms with E-state index in [0.717, 1.165) is 5.56 Å². The normalized spacial score (nSPS) is 12.0. The molecule has 3 aromatic rings. The van der Waals surface area contributed by atoms with Crippen LogP contribution in [0.1, 0.15) is 18.1 Å². The molecule has 192 valence electrons. The second-order valence-electron chi connectivity index (χ2n) is 7.90. The van der Waals surface area contributed by atoms with Gasteiger partial charge < -0.3 is 19.5 Å². The van der Waals surface area contributed by atoms with Crippen LogP contribution in [0.2, 0.25) is 5.02 Å². The van der Waals surface area contributed by atoms with Gasteiger partial charge in [0.2, 0.25) is 15.9 Å². The number of halogens is 1. The number of rotatable bonds is 11. The first-order valence-corrected chi connectivity index (χ1v) is 13.1. The maximum atomic E-state index is 13.4. The number of carbonyl (C=O) groups is 1. The van der Waals surface area contributed by atoms with Crippen molar-refractivity contribution in [2.24, 2.45) is 0 Å². The molecule has 3 aromatic carbocycles. The van der Waals surface area contributed by atoms with Crippen LogP contribution < -0.4 is 24.2 Å². The van der Waals surface area contributed by atoms with Gasteiger partial charge in [0.1, 0.15) is 23.3 Å². The first-order chi connectivity index (χ1) is 17.2. The lowest BCUT2D eigenvalue weighted by Crippen LogP contribution is -2.45. The largest absolute Gasteiger partial charge is 0.495 e. The second-order valence-corrected chi connectivity index (χ2v) is 10.0. The molecular formula is C26H29ClN2O6S. The highest BCUT2D eigenvalue weighted by Gasteiger charge is 2.27. The van der Waals surface area contributed by atoms with Gasteiger partial charge in [0, 0.05) is 12.1 Å². The molecule has 0 heterocycles. The molecule has 0 spiro atoms. The zero-order chi connectivity index (χ0) is 26.3. The fourth-order valence-corrected chi connectivity index (χ4v) is 5.09. The Morgan fingerprint density at radius 1 is 0.972 bits per heavy atom. The molecule has 0 saturated carbocycles. The first-order valence-electron chi connectivity index (χ1n) is 11.2. The van der Waals surface area contributed by atoms with Crippen molar-refractivity contribution in [2.75, 3.05) is 26.1 Å². The van der Waals surface area contributed by atoms with Crippen molar-refractivity contribution in [3.05, 3.63) is 76.8 Å². The van der Waals surface area contributed by atoms with Crippen molar-refractivity contribution in [1.29, 1.82) is 0 Å². The summed E-state index contributed by atoms with van der Waals surface area (Å²) in [6.07, 6.45) is 0.120. The van der Waals surface area contributed by atoms with Crippen molar-refractivity contribution in [3.8, 4) is 17.2 Å². The third kappa shape index (κ3) is 6.69. The molecule has 2 N–H and O–H groups in total. The summed E-state index contributed by atoms with van der Waals surface area (Å²) in [5.41, 5.74) is 1.74. The summed E-state index contributed by atoms with van der Waals surface area (Å²) in [4.78, 5) is 13.4. The Morgan fingerprint density at radius 2 is 1.67 bits per heavy atom. The SMILES string of the molecule is CCOc1ccc(S(=O)(=O)NC(Cc2ccccc2)C(=O)Nc2cc(OC)c(Cl)cc2OC)cc1C. The summed E-state index contributed by atoms with van der Waals surface area (Å²) in [5, 5.41) is 3.05. The van der Waals surface area contributed by atoms with Crippen LogP contribution in [0.5, 0.6) is 17.2 Å². The first kappa shape index (κ1) is 27.3. The summed E-state index contributed by atoms with van der Waals surface area (Å²) in [6, 6.07) is 15.6. The molecule has 36 heavy (non-hydrogen) atoms. The number of hydrogen-bond donors (Lipinski definition) is 2. The van der Waals surface area contributed by atoms with Crippen LogP contribution in [-0.2, 0) is 21.2 Å². The smallest absolute Gasteiger partial charge is 0.243 e. The van der Waals surface area contributed by atoms with Crippen molar-refractivity contribution >= 4 is 33.2 Å². The number of methoxy groups -OCH3 is 2. The summed E-state index contributed by atoms with van der Waals surface area (Å²) in [6.45, 7) is 4.07. The predicted molar refractivity (Wildman–Crippen MR) is 140 cm³/mol. The minimum Gasteiger partial charge on any atom is -0.495 e.